The Labute approximate surface area is 147 Å². The third kappa shape index (κ3) is 7.56. The van der Waals surface area contributed by atoms with Gasteiger partial charge in [0, 0.05) is 19.6 Å². The zero-order valence-corrected chi connectivity index (χ0v) is 17.4. The van der Waals surface area contributed by atoms with Gasteiger partial charge in [0.15, 0.2) is 0 Å². The molecular weight excluding hydrogens is 280 g/mol. The molecule has 3 rings (SSSR count). The number of hydrogen-bond acceptors (Lipinski definition) is 2. The molecule has 1 saturated carbocycles. The van der Waals surface area contributed by atoms with Crippen LogP contribution in [0.25, 0.3) is 0 Å². The molecule has 0 bridgehead atoms. The van der Waals surface area contributed by atoms with Crippen molar-refractivity contribution in [1.82, 2.24) is 10.2 Å². The fourth-order valence-corrected chi connectivity index (χ4v) is 3.93. The Bertz CT molecular complexity index is 243. The fourth-order valence-electron chi connectivity index (χ4n) is 3.93. The quantitative estimate of drug-likeness (QED) is 0.713. The molecule has 0 amide bonds. The van der Waals surface area contributed by atoms with Crippen LogP contribution in [0.15, 0.2) is 0 Å². The van der Waals surface area contributed by atoms with Gasteiger partial charge in [0.05, 0.1) is 0 Å². The Morgan fingerprint density at radius 2 is 1.30 bits per heavy atom. The van der Waals surface area contributed by atoms with Gasteiger partial charge in [-0.05, 0) is 56.0 Å². The first kappa shape index (κ1) is 22.9. The minimum Gasteiger partial charge on any atom is -0.316 e. The van der Waals surface area contributed by atoms with Crippen molar-refractivity contribution in [3.8, 4) is 0 Å². The van der Waals surface area contributed by atoms with E-state index in [-0.39, 0.29) is 0 Å². The van der Waals surface area contributed by atoms with E-state index in [2.05, 4.69) is 17.1 Å². The van der Waals surface area contributed by atoms with Crippen LogP contribution in [0.2, 0.25) is 0 Å². The number of piperidine rings is 1. The number of nitrogens with zero attached hydrogens (tertiary/aromatic N) is 1. The van der Waals surface area contributed by atoms with Crippen molar-refractivity contribution in [2.75, 3.05) is 32.7 Å². The van der Waals surface area contributed by atoms with E-state index in [1.807, 2.05) is 41.5 Å². The Morgan fingerprint density at radius 3 is 1.70 bits per heavy atom. The summed E-state index contributed by atoms with van der Waals surface area (Å²) in [6, 6.07) is 0. The van der Waals surface area contributed by atoms with E-state index >= 15 is 0 Å². The Hall–Kier alpha value is -0.0800. The van der Waals surface area contributed by atoms with Gasteiger partial charge < -0.3 is 10.2 Å². The van der Waals surface area contributed by atoms with Gasteiger partial charge in [0.1, 0.15) is 0 Å². The second-order valence-electron chi connectivity index (χ2n) is 7.01. The van der Waals surface area contributed by atoms with Gasteiger partial charge in [-0.25, -0.2) is 0 Å². The van der Waals surface area contributed by atoms with Crippen molar-refractivity contribution in [3.63, 3.8) is 0 Å². The van der Waals surface area contributed by atoms with Gasteiger partial charge in [0.25, 0.3) is 0 Å². The molecule has 0 radical (unpaired) electrons. The summed E-state index contributed by atoms with van der Waals surface area (Å²) in [5.74, 6) is 1.95. The van der Waals surface area contributed by atoms with E-state index in [0.29, 0.717) is 0 Å². The molecule has 3 aliphatic rings. The normalized spacial score (nSPS) is 24.1. The highest BCUT2D eigenvalue weighted by atomic mass is 15.1. The zero-order valence-electron chi connectivity index (χ0n) is 17.4. The van der Waals surface area contributed by atoms with E-state index in [4.69, 9.17) is 0 Å². The molecule has 2 saturated heterocycles. The zero-order chi connectivity index (χ0) is 17.7. The van der Waals surface area contributed by atoms with E-state index in [0.717, 1.165) is 17.3 Å². The van der Waals surface area contributed by atoms with Crippen LogP contribution in [0, 0.1) is 17.3 Å². The average Bonchev–Trinajstić information content (AvgIpc) is 2.61. The summed E-state index contributed by atoms with van der Waals surface area (Å²) in [4.78, 5) is 2.73. The lowest BCUT2D eigenvalue weighted by molar-refractivity contribution is 0.0439. The molecule has 0 atom stereocenters. The maximum absolute atomic E-state index is 3.39. The molecule has 2 heterocycles. The summed E-state index contributed by atoms with van der Waals surface area (Å²) in [6.07, 6.45) is 9.00. The lowest BCUT2D eigenvalue weighted by Gasteiger charge is -2.46. The van der Waals surface area contributed by atoms with Crippen molar-refractivity contribution in [2.45, 2.75) is 87.0 Å². The molecular formula is C21H46N2. The molecule has 23 heavy (non-hydrogen) atoms. The predicted octanol–water partition coefficient (Wildman–Crippen LogP) is 5.58. The van der Waals surface area contributed by atoms with Crippen LogP contribution in [0.5, 0.6) is 0 Å². The van der Waals surface area contributed by atoms with E-state index in [9.17, 15) is 0 Å². The maximum atomic E-state index is 3.39. The molecule has 2 aliphatic heterocycles. The summed E-state index contributed by atoms with van der Waals surface area (Å²) in [6.45, 7) is 21.1. The van der Waals surface area contributed by atoms with Crippen LogP contribution in [0.4, 0.5) is 0 Å². The summed E-state index contributed by atoms with van der Waals surface area (Å²) >= 11 is 0. The van der Waals surface area contributed by atoms with Gasteiger partial charge in [-0.1, -0.05) is 61.3 Å². The van der Waals surface area contributed by atoms with E-state index in [1.54, 1.807) is 0 Å². The molecule has 1 N–H and O–H groups in total. The summed E-state index contributed by atoms with van der Waals surface area (Å²) in [5, 5.41) is 3.39. The molecule has 2 nitrogen and oxygen atoms in total. The van der Waals surface area contributed by atoms with Crippen LogP contribution in [-0.2, 0) is 0 Å². The lowest BCUT2D eigenvalue weighted by Crippen LogP contribution is -2.51. The highest BCUT2D eigenvalue weighted by Gasteiger charge is 2.37. The summed E-state index contributed by atoms with van der Waals surface area (Å²) in [7, 11) is 0. The van der Waals surface area contributed by atoms with Crippen molar-refractivity contribution in [1.29, 1.82) is 0 Å². The monoisotopic (exact) mass is 326 g/mol. The summed E-state index contributed by atoms with van der Waals surface area (Å²) in [5.41, 5.74) is 0.765. The molecule has 2 heteroatoms. The van der Waals surface area contributed by atoms with Gasteiger partial charge in [-0.2, -0.15) is 0 Å². The Kier molecular flexibility index (Phi) is 13.2. The first-order valence-electron chi connectivity index (χ1n) is 10.7. The van der Waals surface area contributed by atoms with Crippen molar-refractivity contribution < 1.29 is 0 Å². The fraction of sp³-hybridized carbons (Fsp3) is 1.00. The highest BCUT2D eigenvalue weighted by Crippen LogP contribution is 2.46. The van der Waals surface area contributed by atoms with E-state index in [1.165, 1.54) is 71.2 Å². The summed E-state index contributed by atoms with van der Waals surface area (Å²) < 4.78 is 0. The minimum absolute atomic E-state index is 0.765. The van der Waals surface area contributed by atoms with Crippen LogP contribution in [0.1, 0.15) is 87.0 Å². The number of nitrogens with one attached hydrogen (secondary N) is 1. The third-order valence-corrected chi connectivity index (χ3v) is 5.63. The van der Waals surface area contributed by atoms with Crippen LogP contribution >= 0.6 is 0 Å². The SMILES string of the molecule is CC.CC.CC.CC1CCC2(CC1)CCN(CC1CNC1)CC2. The van der Waals surface area contributed by atoms with Crippen molar-refractivity contribution >= 4 is 0 Å². The predicted molar refractivity (Wildman–Crippen MR) is 106 cm³/mol. The molecule has 0 aromatic carbocycles. The average molecular weight is 327 g/mol. The molecule has 1 aliphatic carbocycles. The Balaban J connectivity index is 0.000000728. The molecule has 0 aromatic rings. The minimum atomic E-state index is 0.765. The first-order valence-corrected chi connectivity index (χ1v) is 10.7. The standard InChI is InChI=1S/C15H28N2.3C2H6/c1-13-2-4-15(5-3-13)6-8-17(9-7-15)12-14-10-16-11-14;3*1-2/h13-14,16H,2-12H2,1H3;3*1-2H3. The maximum Gasteiger partial charge on any atom is 0.00340 e. The van der Waals surface area contributed by atoms with E-state index < -0.39 is 0 Å². The van der Waals surface area contributed by atoms with Gasteiger partial charge in [-0.3, -0.25) is 0 Å². The van der Waals surface area contributed by atoms with Crippen molar-refractivity contribution in [3.05, 3.63) is 0 Å². The van der Waals surface area contributed by atoms with Gasteiger partial charge in [0.2, 0.25) is 0 Å². The second kappa shape index (κ2) is 13.2. The number of likely N-dealkylation sites (tertiary alicyclic amines) is 1. The third-order valence-electron chi connectivity index (χ3n) is 5.63. The molecule has 3 fully saturated rings. The number of rotatable bonds is 2. The van der Waals surface area contributed by atoms with Crippen LogP contribution in [-0.4, -0.2) is 37.6 Å². The topological polar surface area (TPSA) is 15.3 Å². The highest BCUT2D eigenvalue weighted by molar-refractivity contribution is 4.90. The van der Waals surface area contributed by atoms with Gasteiger partial charge >= 0.3 is 0 Å². The lowest BCUT2D eigenvalue weighted by atomic mass is 9.66. The largest absolute Gasteiger partial charge is 0.316 e. The Morgan fingerprint density at radius 1 is 0.826 bits per heavy atom. The molecule has 0 unspecified atom stereocenters. The smallest absolute Gasteiger partial charge is 0.00340 e. The molecule has 1 spiro atoms. The second-order valence-corrected chi connectivity index (χ2v) is 7.01. The molecule has 0 aromatic heterocycles. The van der Waals surface area contributed by atoms with Crippen LogP contribution in [0.3, 0.4) is 0 Å². The van der Waals surface area contributed by atoms with Gasteiger partial charge in [-0.15, -0.1) is 0 Å². The van der Waals surface area contributed by atoms with Crippen molar-refractivity contribution in [2.24, 2.45) is 17.3 Å². The van der Waals surface area contributed by atoms with Crippen LogP contribution < -0.4 is 5.32 Å². The first-order chi connectivity index (χ1) is 11.3. The molecule has 140 valence electrons. The number of hydrogen-bond donors (Lipinski definition) is 1.